The Morgan fingerprint density at radius 1 is 1.08 bits per heavy atom. The molecule has 0 amide bonds. The Bertz CT molecular complexity index is 926. The Balaban J connectivity index is 1.58. The molecule has 0 aromatic carbocycles. The van der Waals surface area contributed by atoms with Crippen LogP contribution in [0.25, 0.3) is 0 Å². The second kappa shape index (κ2) is 9.93. The number of carbonyl (C=O) groups excluding carboxylic acids is 2. The van der Waals surface area contributed by atoms with E-state index in [9.17, 15) is 14.7 Å². The zero-order valence-corrected chi connectivity index (χ0v) is 23.6. The molecule has 202 valence electrons. The minimum Gasteiger partial charge on any atom is -0.462 e. The van der Waals surface area contributed by atoms with Crippen LogP contribution in [0.1, 0.15) is 106 Å². The fourth-order valence-corrected chi connectivity index (χ4v) is 8.73. The van der Waals surface area contributed by atoms with E-state index in [1.54, 1.807) is 5.57 Å². The third kappa shape index (κ3) is 5.06. The van der Waals surface area contributed by atoms with Crippen molar-refractivity contribution in [2.24, 2.45) is 34.5 Å². The number of carbonyl (C=O) groups is 2. The molecule has 0 unspecified atom stereocenters. The van der Waals surface area contributed by atoms with Crippen LogP contribution in [-0.4, -0.2) is 34.9 Å². The molecule has 0 spiro atoms. The molecule has 3 saturated carbocycles. The van der Waals surface area contributed by atoms with Crippen molar-refractivity contribution in [3.05, 3.63) is 23.3 Å². The van der Waals surface area contributed by atoms with Crippen LogP contribution in [0, 0.1) is 34.5 Å². The van der Waals surface area contributed by atoms with Crippen LogP contribution in [0.15, 0.2) is 23.3 Å². The van der Waals surface area contributed by atoms with E-state index in [0.29, 0.717) is 35.5 Å². The molecule has 8 atom stereocenters. The fourth-order valence-electron chi connectivity index (χ4n) is 8.73. The zero-order chi connectivity index (χ0) is 26.5. The molecule has 1 N–H and O–H groups in total. The number of allylic oxidation sites excluding steroid dienone is 3. The number of ether oxygens (including phenoxy) is 2. The van der Waals surface area contributed by atoms with Gasteiger partial charge in [-0.2, -0.15) is 0 Å². The summed E-state index contributed by atoms with van der Waals surface area (Å²) in [6.07, 6.45) is 13.3. The average Bonchev–Trinajstić information content (AvgIpc) is 3.10. The lowest BCUT2D eigenvalue weighted by molar-refractivity contribution is -0.165. The molecule has 0 bridgehead atoms. The molecule has 0 heterocycles. The maximum atomic E-state index is 12.1. The molecule has 36 heavy (non-hydrogen) atoms. The molecule has 0 aliphatic heterocycles. The molecule has 3 fully saturated rings. The molecule has 5 nitrogen and oxygen atoms in total. The Labute approximate surface area is 218 Å². The van der Waals surface area contributed by atoms with E-state index in [1.165, 1.54) is 45.1 Å². The van der Waals surface area contributed by atoms with Gasteiger partial charge in [-0.25, -0.2) is 0 Å². The molecule has 4 rings (SSSR count). The summed E-state index contributed by atoms with van der Waals surface area (Å²) in [5, 5.41) is 10.1. The van der Waals surface area contributed by atoms with Crippen molar-refractivity contribution < 1.29 is 24.2 Å². The van der Waals surface area contributed by atoms with Gasteiger partial charge in [0.1, 0.15) is 12.2 Å². The molecule has 0 aromatic heterocycles. The molecule has 5 heteroatoms. The van der Waals surface area contributed by atoms with E-state index in [2.05, 4.69) is 32.9 Å². The van der Waals surface area contributed by atoms with Crippen LogP contribution in [0.3, 0.4) is 0 Å². The Morgan fingerprint density at radius 3 is 2.42 bits per heavy atom. The fraction of sp³-hybridized carbons (Fsp3) is 0.806. The second-order valence-corrected chi connectivity index (χ2v) is 13.4. The molecular weight excluding hydrogens is 452 g/mol. The summed E-state index contributed by atoms with van der Waals surface area (Å²) < 4.78 is 11.6. The van der Waals surface area contributed by atoms with E-state index in [0.717, 1.165) is 25.7 Å². The highest BCUT2D eigenvalue weighted by molar-refractivity contribution is 5.67. The third-order valence-corrected chi connectivity index (χ3v) is 10.4. The van der Waals surface area contributed by atoms with Gasteiger partial charge in [-0.05, 0) is 75.0 Å². The van der Waals surface area contributed by atoms with E-state index < -0.39 is 5.60 Å². The third-order valence-electron chi connectivity index (χ3n) is 10.4. The van der Waals surface area contributed by atoms with E-state index >= 15 is 0 Å². The van der Waals surface area contributed by atoms with Crippen LogP contribution in [0.5, 0.6) is 0 Å². The van der Waals surface area contributed by atoms with Crippen molar-refractivity contribution in [2.45, 2.75) is 124 Å². The second-order valence-electron chi connectivity index (χ2n) is 13.4. The normalized spacial score (nSPS) is 38.6. The predicted molar refractivity (Wildman–Crippen MR) is 141 cm³/mol. The van der Waals surface area contributed by atoms with Gasteiger partial charge in [0, 0.05) is 32.1 Å². The summed E-state index contributed by atoms with van der Waals surface area (Å²) in [5.74, 6) is 1.74. The van der Waals surface area contributed by atoms with Gasteiger partial charge in [-0.3, -0.25) is 9.59 Å². The predicted octanol–water partition coefficient (Wildman–Crippen LogP) is 6.54. The first kappa shape index (κ1) is 27.4. The molecular formula is C31H48O5. The van der Waals surface area contributed by atoms with Gasteiger partial charge >= 0.3 is 11.9 Å². The quantitative estimate of drug-likeness (QED) is 0.402. The van der Waals surface area contributed by atoms with Gasteiger partial charge in [0.05, 0.1) is 5.60 Å². The standard InChI is InChI=1S/C31H48O5/c1-19(9-8-15-29(4,5)34)25-12-13-26-24-11-10-22-17-23(35-20(2)32)18-28(36-21(3)33)31(22,7)27(24)14-16-30(25,26)6/h10-11,19,23,25-28,34H,8-9,12-18H2,1-7H3/t19-,23-,25-,26+,27+,28+,30-,31+/m1/s1. The van der Waals surface area contributed by atoms with Crippen LogP contribution in [-0.2, 0) is 19.1 Å². The summed E-state index contributed by atoms with van der Waals surface area (Å²) >= 11 is 0. The highest BCUT2D eigenvalue weighted by atomic mass is 16.6. The van der Waals surface area contributed by atoms with Crippen LogP contribution >= 0.6 is 0 Å². The Morgan fingerprint density at radius 2 is 1.78 bits per heavy atom. The molecule has 4 aliphatic carbocycles. The van der Waals surface area contributed by atoms with Crippen molar-refractivity contribution in [3.8, 4) is 0 Å². The van der Waals surface area contributed by atoms with E-state index in [-0.39, 0.29) is 29.6 Å². The number of hydrogen-bond acceptors (Lipinski definition) is 5. The minimum atomic E-state index is -0.584. The van der Waals surface area contributed by atoms with Crippen LogP contribution in [0.4, 0.5) is 0 Å². The summed E-state index contributed by atoms with van der Waals surface area (Å²) in [6, 6.07) is 0. The number of fused-ring (bicyclic) bond motifs is 5. The van der Waals surface area contributed by atoms with E-state index in [4.69, 9.17) is 9.47 Å². The number of aliphatic hydroxyl groups is 1. The molecule has 0 saturated heterocycles. The maximum Gasteiger partial charge on any atom is 0.302 e. The topological polar surface area (TPSA) is 72.8 Å². The van der Waals surface area contributed by atoms with Gasteiger partial charge in [-0.1, -0.05) is 56.9 Å². The summed E-state index contributed by atoms with van der Waals surface area (Å²) in [5.41, 5.74) is 2.29. The van der Waals surface area contributed by atoms with Gasteiger partial charge in [0.15, 0.2) is 0 Å². The van der Waals surface area contributed by atoms with Gasteiger partial charge < -0.3 is 14.6 Å². The minimum absolute atomic E-state index is 0.240. The highest BCUT2D eigenvalue weighted by Crippen LogP contribution is 2.66. The largest absolute Gasteiger partial charge is 0.462 e. The van der Waals surface area contributed by atoms with Crippen molar-refractivity contribution in [1.29, 1.82) is 0 Å². The first-order valence-electron chi connectivity index (χ1n) is 14.2. The zero-order valence-electron chi connectivity index (χ0n) is 23.6. The number of hydrogen-bond donors (Lipinski definition) is 1. The maximum absolute atomic E-state index is 12.1. The van der Waals surface area contributed by atoms with Crippen LogP contribution in [0.2, 0.25) is 0 Å². The van der Waals surface area contributed by atoms with Gasteiger partial charge in [0.25, 0.3) is 0 Å². The Kier molecular flexibility index (Phi) is 7.56. The lowest BCUT2D eigenvalue weighted by Crippen LogP contribution is -2.54. The summed E-state index contributed by atoms with van der Waals surface area (Å²) in [6.45, 7) is 14.0. The van der Waals surface area contributed by atoms with E-state index in [1.807, 2.05) is 13.8 Å². The summed E-state index contributed by atoms with van der Waals surface area (Å²) in [7, 11) is 0. The highest BCUT2D eigenvalue weighted by Gasteiger charge is 2.60. The lowest BCUT2D eigenvalue weighted by Gasteiger charge is -2.57. The van der Waals surface area contributed by atoms with Crippen molar-refractivity contribution in [1.82, 2.24) is 0 Å². The van der Waals surface area contributed by atoms with Crippen molar-refractivity contribution >= 4 is 11.9 Å². The summed E-state index contributed by atoms with van der Waals surface area (Å²) in [4.78, 5) is 23.8. The SMILES string of the molecule is CC(=O)O[C@@H]1CC2=CC=C3[C@@H]4CC[C@H]([C@H](C)CCCC(C)(C)O)[C@@]4(C)CC[C@@H]3[C@@]2(C)[C@@H](OC(C)=O)C1. The van der Waals surface area contributed by atoms with Crippen LogP contribution < -0.4 is 0 Å². The molecule has 0 radical (unpaired) electrons. The molecule has 4 aliphatic rings. The molecule has 0 aromatic rings. The van der Waals surface area contributed by atoms with Crippen molar-refractivity contribution in [3.63, 3.8) is 0 Å². The number of rotatable bonds is 7. The Hall–Kier alpha value is -1.62. The lowest BCUT2D eigenvalue weighted by atomic mass is 9.49. The van der Waals surface area contributed by atoms with Crippen molar-refractivity contribution in [2.75, 3.05) is 0 Å². The number of esters is 2. The first-order valence-corrected chi connectivity index (χ1v) is 14.2. The average molecular weight is 501 g/mol. The van der Waals surface area contributed by atoms with Gasteiger partial charge in [-0.15, -0.1) is 0 Å². The first-order chi connectivity index (χ1) is 16.8. The monoisotopic (exact) mass is 500 g/mol. The smallest absolute Gasteiger partial charge is 0.302 e. The van der Waals surface area contributed by atoms with Gasteiger partial charge in [0.2, 0.25) is 0 Å².